The molecule has 1 amide bonds. The second kappa shape index (κ2) is 7.51. The molecule has 0 aliphatic carbocycles. The van der Waals surface area contributed by atoms with E-state index in [1.807, 2.05) is 0 Å². The predicted molar refractivity (Wildman–Crippen MR) is 97.5 cm³/mol. The molecule has 2 heterocycles. The van der Waals surface area contributed by atoms with Crippen LogP contribution < -0.4 is 4.31 Å². The van der Waals surface area contributed by atoms with E-state index in [4.69, 9.17) is 11.6 Å². The lowest BCUT2D eigenvalue weighted by Crippen LogP contribution is -2.41. The number of sulfonamides is 1. The van der Waals surface area contributed by atoms with Gasteiger partial charge < -0.3 is 10.0 Å². The van der Waals surface area contributed by atoms with E-state index in [9.17, 15) is 18.3 Å². The molecule has 0 saturated carbocycles. The number of likely N-dealkylation sites (tertiary alicyclic amines) is 1. The smallest absolute Gasteiger partial charge is 0.253 e. The van der Waals surface area contributed by atoms with E-state index >= 15 is 0 Å². The molecule has 1 aromatic carbocycles. The van der Waals surface area contributed by atoms with Gasteiger partial charge in [-0.3, -0.25) is 9.10 Å². The Bertz CT molecular complexity index is 753. The van der Waals surface area contributed by atoms with Gasteiger partial charge in [-0.05, 0) is 49.8 Å². The van der Waals surface area contributed by atoms with Crippen molar-refractivity contribution in [2.24, 2.45) is 5.92 Å². The number of aliphatic hydroxyl groups is 1. The molecule has 3 rings (SSSR count). The molecule has 2 aliphatic heterocycles. The van der Waals surface area contributed by atoms with Crippen LogP contribution in [0.3, 0.4) is 0 Å². The quantitative estimate of drug-likeness (QED) is 0.863. The Morgan fingerprint density at radius 3 is 2.76 bits per heavy atom. The highest BCUT2D eigenvalue weighted by molar-refractivity contribution is 7.92. The van der Waals surface area contributed by atoms with Gasteiger partial charge in [-0.25, -0.2) is 8.42 Å². The minimum absolute atomic E-state index is 0.0711. The van der Waals surface area contributed by atoms with Gasteiger partial charge in [-0.1, -0.05) is 11.6 Å². The third kappa shape index (κ3) is 3.93. The molecule has 1 atom stereocenters. The maximum atomic E-state index is 12.8. The van der Waals surface area contributed by atoms with Crippen molar-refractivity contribution in [3.05, 3.63) is 28.8 Å². The molecule has 0 spiro atoms. The maximum Gasteiger partial charge on any atom is 0.253 e. The second-order valence-electron chi connectivity index (χ2n) is 6.70. The van der Waals surface area contributed by atoms with Crippen LogP contribution in [-0.4, -0.2) is 56.3 Å². The van der Waals surface area contributed by atoms with E-state index in [-0.39, 0.29) is 24.2 Å². The molecule has 2 fully saturated rings. The summed E-state index contributed by atoms with van der Waals surface area (Å²) in [6, 6.07) is 4.80. The molecule has 0 radical (unpaired) electrons. The van der Waals surface area contributed by atoms with Crippen LogP contribution in [0.4, 0.5) is 5.69 Å². The van der Waals surface area contributed by atoms with Crippen LogP contribution in [0.15, 0.2) is 18.2 Å². The van der Waals surface area contributed by atoms with Gasteiger partial charge >= 0.3 is 0 Å². The van der Waals surface area contributed by atoms with Gasteiger partial charge in [-0.2, -0.15) is 0 Å². The number of hydrogen-bond donors (Lipinski definition) is 1. The Labute approximate surface area is 153 Å². The second-order valence-corrected chi connectivity index (χ2v) is 9.12. The van der Waals surface area contributed by atoms with Crippen LogP contribution in [-0.2, 0) is 10.0 Å². The number of amides is 1. The molecule has 0 bridgehead atoms. The number of piperidine rings is 1. The zero-order valence-electron chi connectivity index (χ0n) is 14.0. The highest BCUT2D eigenvalue weighted by Crippen LogP contribution is 2.32. The summed E-state index contributed by atoms with van der Waals surface area (Å²) in [5, 5.41) is 9.67. The highest BCUT2D eigenvalue weighted by atomic mass is 35.5. The first-order valence-corrected chi connectivity index (χ1v) is 10.6. The molecule has 1 unspecified atom stereocenters. The van der Waals surface area contributed by atoms with Crippen molar-refractivity contribution in [1.82, 2.24) is 4.90 Å². The van der Waals surface area contributed by atoms with Crippen molar-refractivity contribution < 1.29 is 18.3 Å². The summed E-state index contributed by atoms with van der Waals surface area (Å²) in [6.45, 7) is 1.63. The molecular weight excluding hydrogens is 364 g/mol. The van der Waals surface area contributed by atoms with Crippen molar-refractivity contribution >= 4 is 33.2 Å². The van der Waals surface area contributed by atoms with Crippen molar-refractivity contribution in [2.45, 2.75) is 25.7 Å². The summed E-state index contributed by atoms with van der Waals surface area (Å²) >= 11 is 6.23. The summed E-state index contributed by atoms with van der Waals surface area (Å²) in [4.78, 5) is 14.5. The average Bonchev–Trinajstić information content (AvgIpc) is 2.61. The number of nitrogens with zero attached hydrogens (tertiary/aromatic N) is 2. The lowest BCUT2D eigenvalue weighted by molar-refractivity contribution is 0.0620. The van der Waals surface area contributed by atoms with E-state index < -0.39 is 10.0 Å². The topological polar surface area (TPSA) is 77.9 Å². The molecule has 2 saturated heterocycles. The van der Waals surface area contributed by atoms with Gasteiger partial charge in [0.25, 0.3) is 5.91 Å². The Kier molecular flexibility index (Phi) is 5.55. The number of rotatable bonds is 3. The predicted octanol–water partition coefficient (Wildman–Crippen LogP) is 2.11. The van der Waals surface area contributed by atoms with Gasteiger partial charge in [0.15, 0.2) is 0 Å². The fraction of sp³-hybridized carbons (Fsp3) is 0.588. The lowest BCUT2D eigenvalue weighted by atomic mass is 9.98. The molecule has 1 aromatic rings. The lowest BCUT2D eigenvalue weighted by Gasteiger charge is -2.32. The number of carbonyl (C=O) groups excluding carboxylic acids is 1. The minimum atomic E-state index is -3.39. The van der Waals surface area contributed by atoms with E-state index in [1.165, 1.54) is 4.31 Å². The number of anilines is 1. The van der Waals surface area contributed by atoms with Gasteiger partial charge in [0.2, 0.25) is 10.0 Å². The standard InChI is InChI=1S/C17H23ClN2O4S/c18-15-6-5-14(17(22)19-7-3-4-13(11-19)12-21)10-16(15)20-8-1-2-9-25(20,23)24/h5-6,10,13,21H,1-4,7-9,11-12H2. The third-order valence-electron chi connectivity index (χ3n) is 4.88. The number of aliphatic hydroxyl groups excluding tert-OH is 1. The number of hydrogen-bond acceptors (Lipinski definition) is 4. The number of halogens is 1. The van der Waals surface area contributed by atoms with Crippen LogP contribution in [0.25, 0.3) is 0 Å². The Balaban J connectivity index is 1.87. The largest absolute Gasteiger partial charge is 0.396 e. The molecule has 138 valence electrons. The van der Waals surface area contributed by atoms with Crippen LogP contribution in [0.5, 0.6) is 0 Å². The monoisotopic (exact) mass is 386 g/mol. The minimum Gasteiger partial charge on any atom is -0.396 e. The van der Waals surface area contributed by atoms with E-state index in [0.29, 0.717) is 42.3 Å². The maximum absolute atomic E-state index is 12.8. The van der Waals surface area contributed by atoms with Crippen LogP contribution in [0, 0.1) is 5.92 Å². The SMILES string of the molecule is O=C(c1ccc(Cl)c(N2CCCCS2(=O)=O)c1)N1CCCC(CO)C1. The fourth-order valence-corrected chi connectivity index (χ4v) is 5.39. The zero-order valence-corrected chi connectivity index (χ0v) is 15.6. The normalized spacial score (nSPS) is 23.5. The van der Waals surface area contributed by atoms with Gasteiger partial charge in [0.05, 0.1) is 16.5 Å². The van der Waals surface area contributed by atoms with E-state index in [2.05, 4.69) is 0 Å². The Morgan fingerprint density at radius 2 is 2.04 bits per heavy atom. The summed E-state index contributed by atoms with van der Waals surface area (Å²) in [7, 11) is -3.39. The number of benzene rings is 1. The first-order valence-electron chi connectivity index (χ1n) is 8.62. The van der Waals surface area contributed by atoms with Crippen molar-refractivity contribution in [1.29, 1.82) is 0 Å². The van der Waals surface area contributed by atoms with E-state index in [0.717, 1.165) is 19.3 Å². The summed E-state index contributed by atoms with van der Waals surface area (Å²) < 4.78 is 26.0. The molecule has 25 heavy (non-hydrogen) atoms. The summed E-state index contributed by atoms with van der Waals surface area (Å²) in [5.41, 5.74) is 0.807. The highest BCUT2D eigenvalue weighted by Gasteiger charge is 2.29. The molecule has 8 heteroatoms. The van der Waals surface area contributed by atoms with Gasteiger partial charge in [0, 0.05) is 31.8 Å². The fourth-order valence-electron chi connectivity index (χ4n) is 3.48. The van der Waals surface area contributed by atoms with Gasteiger partial charge in [0.1, 0.15) is 0 Å². The average molecular weight is 387 g/mol. The zero-order chi connectivity index (χ0) is 18.0. The van der Waals surface area contributed by atoms with Crippen molar-refractivity contribution in [3.63, 3.8) is 0 Å². The van der Waals surface area contributed by atoms with E-state index in [1.54, 1.807) is 23.1 Å². The molecular formula is C17H23ClN2O4S. The molecule has 1 N–H and O–H groups in total. The Hall–Kier alpha value is -1.31. The molecule has 2 aliphatic rings. The number of carbonyl (C=O) groups is 1. The van der Waals surface area contributed by atoms with Crippen LogP contribution >= 0.6 is 11.6 Å². The third-order valence-corrected chi connectivity index (χ3v) is 7.05. The van der Waals surface area contributed by atoms with Crippen LogP contribution in [0.1, 0.15) is 36.0 Å². The molecule has 6 nitrogen and oxygen atoms in total. The summed E-state index contributed by atoms with van der Waals surface area (Å²) in [6.07, 6.45) is 3.19. The summed E-state index contributed by atoms with van der Waals surface area (Å²) in [5.74, 6) is 0.0589. The van der Waals surface area contributed by atoms with Gasteiger partial charge in [-0.15, -0.1) is 0 Å². The van der Waals surface area contributed by atoms with Crippen molar-refractivity contribution in [3.8, 4) is 0 Å². The molecule has 0 aromatic heterocycles. The Morgan fingerprint density at radius 1 is 1.24 bits per heavy atom. The van der Waals surface area contributed by atoms with Crippen LogP contribution in [0.2, 0.25) is 5.02 Å². The van der Waals surface area contributed by atoms with Crippen molar-refractivity contribution in [2.75, 3.05) is 36.3 Å². The first kappa shape index (κ1) is 18.5. The first-order chi connectivity index (χ1) is 11.9.